The molecule has 2 heterocycles. The number of urea groups is 1. The number of nitrogens with one attached hydrogen (secondary N) is 1. The van der Waals surface area contributed by atoms with Crippen molar-refractivity contribution in [2.24, 2.45) is 0 Å². The fourth-order valence-electron chi connectivity index (χ4n) is 4.00. The average molecular weight is 295 g/mol. The average Bonchev–Trinajstić information content (AvgIpc) is 2.96. The molecule has 1 unspecified atom stereocenters. The van der Waals surface area contributed by atoms with E-state index in [4.69, 9.17) is 0 Å². The van der Waals surface area contributed by atoms with Gasteiger partial charge in [0.15, 0.2) is 0 Å². The third-order valence-corrected chi connectivity index (χ3v) is 5.34. The van der Waals surface area contributed by atoms with Crippen molar-refractivity contribution >= 4 is 12.0 Å². The second kappa shape index (κ2) is 5.83. The molecule has 0 bridgehead atoms. The Labute approximate surface area is 125 Å². The van der Waals surface area contributed by atoms with Gasteiger partial charge in [0.05, 0.1) is 0 Å². The van der Waals surface area contributed by atoms with Crippen molar-refractivity contribution in [2.75, 3.05) is 26.2 Å². The molecule has 2 saturated heterocycles. The van der Waals surface area contributed by atoms with E-state index < -0.39 is 11.5 Å². The monoisotopic (exact) mass is 295 g/mol. The molecule has 2 N–H and O–H groups in total. The van der Waals surface area contributed by atoms with Crippen molar-refractivity contribution in [2.45, 2.75) is 56.5 Å². The number of carbonyl (C=O) groups is 2. The van der Waals surface area contributed by atoms with Gasteiger partial charge in [0.25, 0.3) is 0 Å². The van der Waals surface area contributed by atoms with E-state index in [0.29, 0.717) is 25.4 Å². The number of hydrogen-bond acceptors (Lipinski definition) is 3. The summed E-state index contributed by atoms with van der Waals surface area (Å²) in [5.74, 6) is -0.885. The number of piperidine rings is 1. The largest absolute Gasteiger partial charge is 0.480 e. The standard InChI is InChI=1S/C15H25N3O3/c19-13(20)15(6-2-3-7-15)16-14(21)18-10-9-17-8-4-1-5-12(17)11-18/h12H,1-11H2,(H,16,21)(H,19,20). The first kappa shape index (κ1) is 14.6. The van der Waals surface area contributed by atoms with E-state index >= 15 is 0 Å². The van der Waals surface area contributed by atoms with Crippen LogP contribution < -0.4 is 5.32 Å². The lowest BCUT2D eigenvalue weighted by Crippen LogP contribution is -2.62. The van der Waals surface area contributed by atoms with Crippen molar-refractivity contribution in [1.82, 2.24) is 15.1 Å². The van der Waals surface area contributed by atoms with E-state index in [1.54, 1.807) is 0 Å². The van der Waals surface area contributed by atoms with Crippen LogP contribution >= 0.6 is 0 Å². The van der Waals surface area contributed by atoms with E-state index in [-0.39, 0.29) is 6.03 Å². The number of carboxylic acids is 1. The lowest BCUT2D eigenvalue weighted by Gasteiger charge is -2.44. The van der Waals surface area contributed by atoms with Gasteiger partial charge < -0.3 is 15.3 Å². The smallest absolute Gasteiger partial charge is 0.329 e. The summed E-state index contributed by atoms with van der Waals surface area (Å²) in [6.45, 7) is 3.50. The summed E-state index contributed by atoms with van der Waals surface area (Å²) >= 11 is 0. The van der Waals surface area contributed by atoms with Crippen molar-refractivity contribution in [3.8, 4) is 0 Å². The summed E-state index contributed by atoms with van der Waals surface area (Å²) in [6.07, 6.45) is 6.50. The minimum atomic E-state index is -1.03. The van der Waals surface area contributed by atoms with E-state index in [2.05, 4.69) is 10.2 Å². The fraction of sp³-hybridized carbons (Fsp3) is 0.867. The minimum Gasteiger partial charge on any atom is -0.480 e. The Morgan fingerprint density at radius 1 is 1.05 bits per heavy atom. The molecule has 3 fully saturated rings. The van der Waals surface area contributed by atoms with Crippen molar-refractivity contribution < 1.29 is 14.7 Å². The van der Waals surface area contributed by atoms with Gasteiger partial charge in [-0.15, -0.1) is 0 Å². The molecule has 0 aromatic heterocycles. The van der Waals surface area contributed by atoms with Crippen LogP contribution in [0.1, 0.15) is 44.9 Å². The van der Waals surface area contributed by atoms with Gasteiger partial charge in [-0.2, -0.15) is 0 Å². The van der Waals surface area contributed by atoms with Crippen LogP contribution in [-0.4, -0.2) is 64.7 Å². The quantitative estimate of drug-likeness (QED) is 0.804. The van der Waals surface area contributed by atoms with Crippen LogP contribution in [-0.2, 0) is 4.79 Å². The zero-order chi connectivity index (χ0) is 14.9. The zero-order valence-electron chi connectivity index (χ0n) is 12.5. The van der Waals surface area contributed by atoms with Crippen LogP contribution in [0.3, 0.4) is 0 Å². The van der Waals surface area contributed by atoms with Crippen LogP contribution in [0.15, 0.2) is 0 Å². The Kier molecular flexibility index (Phi) is 4.06. The van der Waals surface area contributed by atoms with Crippen LogP contribution in [0.5, 0.6) is 0 Å². The summed E-state index contributed by atoms with van der Waals surface area (Å²) in [6, 6.07) is 0.270. The summed E-state index contributed by atoms with van der Waals surface area (Å²) in [5.41, 5.74) is -1.03. The highest BCUT2D eigenvalue weighted by Crippen LogP contribution is 2.30. The number of aliphatic carboxylic acids is 1. The molecular weight excluding hydrogens is 270 g/mol. The molecular formula is C15H25N3O3. The van der Waals surface area contributed by atoms with Gasteiger partial charge in [0.1, 0.15) is 5.54 Å². The van der Waals surface area contributed by atoms with Crippen molar-refractivity contribution in [3.63, 3.8) is 0 Å². The molecule has 0 aromatic rings. The number of carboxylic acid groups (broad SMARTS) is 1. The number of nitrogens with zero attached hydrogens (tertiary/aromatic N) is 2. The molecule has 6 nitrogen and oxygen atoms in total. The van der Waals surface area contributed by atoms with Gasteiger partial charge in [0, 0.05) is 25.7 Å². The van der Waals surface area contributed by atoms with Crippen molar-refractivity contribution in [3.05, 3.63) is 0 Å². The first-order chi connectivity index (χ1) is 10.1. The fourth-order valence-corrected chi connectivity index (χ4v) is 4.00. The minimum absolute atomic E-state index is 0.190. The van der Waals surface area contributed by atoms with E-state index in [9.17, 15) is 14.7 Å². The first-order valence-electron chi connectivity index (χ1n) is 8.15. The maximum atomic E-state index is 12.5. The molecule has 2 aliphatic heterocycles. The SMILES string of the molecule is O=C(NC1(C(=O)O)CCCC1)N1CCN2CCCCC2C1. The van der Waals surface area contributed by atoms with Gasteiger partial charge in [-0.3, -0.25) is 4.90 Å². The number of piperazine rings is 1. The lowest BCUT2D eigenvalue weighted by molar-refractivity contribution is -0.144. The molecule has 6 heteroatoms. The molecule has 2 amide bonds. The van der Waals surface area contributed by atoms with Crippen molar-refractivity contribution in [1.29, 1.82) is 0 Å². The Bertz CT molecular complexity index is 420. The predicted octanol–water partition coefficient (Wildman–Crippen LogP) is 1.26. The summed E-state index contributed by atoms with van der Waals surface area (Å²) in [7, 11) is 0. The molecule has 21 heavy (non-hydrogen) atoms. The lowest BCUT2D eigenvalue weighted by atomic mass is 9.97. The third-order valence-electron chi connectivity index (χ3n) is 5.34. The zero-order valence-corrected chi connectivity index (χ0v) is 12.5. The van der Waals surface area contributed by atoms with Gasteiger partial charge in [0.2, 0.25) is 0 Å². The normalized spacial score (nSPS) is 29.0. The van der Waals surface area contributed by atoms with Gasteiger partial charge in [-0.1, -0.05) is 19.3 Å². The number of hydrogen-bond donors (Lipinski definition) is 2. The Morgan fingerprint density at radius 2 is 1.81 bits per heavy atom. The maximum absolute atomic E-state index is 12.5. The van der Waals surface area contributed by atoms with Gasteiger partial charge >= 0.3 is 12.0 Å². The highest BCUT2D eigenvalue weighted by molar-refractivity contribution is 5.86. The molecule has 1 saturated carbocycles. The summed E-state index contributed by atoms with van der Waals surface area (Å²) < 4.78 is 0. The van der Waals surface area contributed by atoms with Crippen LogP contribution in [0.2, 0.25) is 0 Å². The predicted molar refractivity (Wildman–Crippen MR) is 78.2 cm³/mol. The second-order valence-electron chi connectivity index (χ2n) is 6.66. The van der Waals surface area contributed by atoms with Crippen LogP contribution in [0.4, 0.5) is 4.79 Å². The summed E-state index contributed by atoms with van der Waals surface area (Å²) in [4.78, 5) is 28.3. The van der Waals surface area contributed by atoms with Gasteiger partial charge in [-0.05, 0) is 32.2 Å². The number of fused-ring (bicyclic) bond motifs is 1. The maximum Gasteiger partial charge on any atom is 0.329 e. The van der Waals surface area contributed by atoms with Crippen LogP contribution in [0.25, 0.3) is 0 Å². The second-order valence-corrected chi connectivity index (χ2v) is 6.66. The Hall–Kier alpha value is -1.30. The molecule has 1 atom stereocenters. The Balaban J connectivity index is 1.61. The molecule has 118 valence electrons. The number of rotatable bonds is 2. The third kappa shape index (κ3) is 2.86. The van der Waals surface area contributed by atoms with E-state index in [0.717, 1.165) is 38.9 Å². The topological polar surface area (TPSA) is 72.9 Å². The summed E-state index contributed by atoms with van der Waals surface area (Å²) in [5, 5.41) is 12.3. The molecule has 0 radical (unpaired) electrons. The highest BCUT2D eigenvalue weighted by Gasteiger charge is 2.44. The number of carbonyl (C=O) groups excluding carboxylic acids is 1. The van der Waals surface area contributed by atoms with E-state index in [1.807, 2.05) is 4.90 Å². The molecule has 1 aliphatic carbocycles. The molecule has 0 aromatic carbocycles. The van der Waals surface area contributed by atoms with Crippen LogP contribution in [0, 0.1) is 0 Å². The van der Waals surface area contributed by atoms with Gasteiger partial charge in [-0.25, -0.2) is 9.59 Å². The van der Waals surface area contributed by atoms with E-state index in [1.165, 1.54) is 12.8 Å². The first-order valence-corrected chi connectivity index (χ1v) is 8.15. The number of amides is 2. The molecule has 3 aliphatic rings. The molecule has 0 spiro atoms. The highest BCUT2D eigenvalue weighted by atomic mass is 16.4. The molecule has 3 rings (SSSR count). The Morgan fingerprint density at radius 3 is 2.52 bits per heavy atom.